The van der Waals surface area contributed by atoms with Gasteiger partial charge in [0.1, 0.15) is 0 Å². The molecule has 1 rings (SSSR count). The number of aliphatic hydroxyl groups excluding tert-OH is 1. The maximum atomic E-state index is 9.15. The SMILES string of the molecule is CCC1NC(C)CCC1OCCC(C)O. The summed E-state index contributed by atoms with van der Waals surface area (Å²) in [5, 5.41) is 12.7. The van der Waals surface area contributed by atoms with Crippen LogP contribution < -0.4 is 5.32 Å². The molecule has 4 atom stereocenters. The van der Waals surface area contributed by atoms with Gasteiger partial charge in [-0.2, -0.15) is 0 Å². The molecule has 1 aliphatic rings. The molecule has 90 valence electrons. The summed E-state index contributed by atoms with van der Waals surface area (Å²) in [6.07, 6.45) is 4.28. The topological polar surface area (TPSA) is 41.5 Å². The quantitative estimate of drug-likeness (QED) is 0.733. The Balaban J connectivity index is 2.26. The molecule has 1 fully saturated rings. The Hall–Kier alpha value is -0.120. The van der Waals surface area contributed by atoms with Crippen LogP contribution in [0.1, 0.15) is 46.5 Å². The fraction of sp³-hybridized carbons (Fsp3) is 1.00. The van der Waals surface area contributed by atoms with E-state index in [0.29, 0.717) is 24.8 Å². The van der Waals surface area contributed by atoms with Crippen LogP contribution in [0.5, 0.6) is 0 Å². The van der Waals surface area contributed by atoms with Gasteiger partial charge in [0.2, 0.25) is 0 Å². The number of rotatable bonds is 5. The summed E-state index contributed by atoms with van der Waals surface area (Å²) in [6.45, 7) is 6.91. The van der Waals surface area contributed by atoms with Gasteiger partial charge in [-0.1, -0.05) is 6.92 Å². The van der Waals surface area contributed by atoms with Gasteiger partial charge in [0.05, 0.1) is 12.2 Å². The molecule has 3 heteroatoms. The predicted molar refractivity (Wildman–Crippen MR) is 61.9 cm³/mol. The van der Waals surface area contributed by atoms with Crippen molar-refractivity contribution < 1.29 is 9.84 Å². The highest BCUT2D eigenvalue weighted by Gasteiger charge is 2.27. The van der Waals surface area contributed by atoms with E-state index in [1.54, 1.807) is 0 Å². The van der Waals surface area contributed by atoms with Crippen LogP contribution in [0.4, 0.5) is 0 Å². The van der Waals surface area contributed by atoms with Gasteiger partial charge in [-0.3, -0.25) is 0 Å². The second kappa shape index (κ2) is 6.46. The average Bonchev–Trinajstić information content (AvgIpc) is 2.19. The first-order valence-corrected chi connectivity index (χ1v) is 6.19. The third-order valence-electron chi connectivity index (χ3n) is 3.14. The lowest BCUT2D eigenvalue weighted by Crippen LogP contribution is -2.50. The van der Waals surface area contributed by atoms with Crippen molar-refractivity contribution in [1.29, 1.82) is 0 Å². The fourth-order valence-electron chi connectivity index (χ4n) is 2.14. The number of hydrogen-bond donors (Lipinski definition) is 2. The van der Waals surface area contributed by atoms with Crippen molar-refractivity contribution in [2.24, 2.45) is 0 Å². The molecule has 0 bridgehead atoms. The summed E-state index contributed by atoms with van der Waals surface area (Å²) in [6, 6.07) is 1.11. The van der Waals surface area contributed by atoms with Crippen molar-refractivity contribution in [3.63, 3.8) is 0 Å². The van der Waals surface area contributed by atoms with Crippen molar-refractivity contribution in [1.82, 2.24) is 5.32 Å². The molecule has 2 N–H and O–H groups in total. The van der Waals surface area contributed by atoms with E-state index >= 15 is 0 Å². The Morgan fingerprint density at radius 2 is 2.20 bits per heavy atom. The second-order valence-electron chi connectivity index (χ2n) is 4.71. The number of nitrogens with one attached hydrogen (secondary N) is 1. The number of hydrogen-bond acceptors (Lipinski definition) is 3. The van der Waals surface area contributed by atoms with E-state index in [-0.39, 0.29) is 6.10 Å². The predicted octanol–water partition coefficient (Wildman–Crippen LogP) is 1.69. The van der Waals surface area contributed by atoms with Crippen LogP contribution in [0.25, 0.3) is 0 Å². The summed E-state index contributed by atoms with van der Waals surface area (Å²) in [5.74, 6) is 0. The molecule has 0 amide bonds. The molecule has 1 saturated heterocycles. The first-order chi connectivity index (χ1) is 7.13. The van der Waals surface area contributed by atoms with Gasteiger partial charge in [0.15, 0.2) is 0 Å². The summed E-state index contributed by atoms with van der Waals surface area (Å²) in [7, 11) is 0. The van der Waals surface area contributed by atoms with Crippen LogP contribution in [0, 0.1) is 0 Å². The van der Waals surface area contributed by atoms with Crippen LogP contribution in [-0.4, -0.2) is 36.0 Å². The molecule has 4 unspecified atom stereocenters. The van der Waals surface area contributed by atoms with Crippen LogP contribution in [0.15, 0.2) is 0 Å². The molecule has 0 aromatic carbocycles. The highest BCUT2D eigenvalue weighted by atomic mass is 16.5. The lowest BCUT2D eigenvalue weighted by Gasteiger charge is -2.35. The highest BCUT2D eigenvalue weighted by Crippen LogP contribution is 2.18. The van der Waals surface area contributed by atoms with E-state index in [4.69, 9.17) is 9.84 Å². The van der Waals surface area contributed by atoms with Gasteiger partial charge in [-0.15, -0.1) is 0 Å². The third kappa shape index (κ3) is 4.49. The van der Waals surface area contributed by atoms with Crippen molar-refractivity contribution >= 4 is 0 Å². The minimum atomic E-state index is -0.249. The van der Waals surface area contributed by atoms with Crippen molar-refractivity contribution in [2.45, 2.75) is 70.7 Å². The van der Waals surface area contributed by atoms with Crippen LogP contribution in [0.2, 0.25) is 0 Å². The molecular formula is C12H25NO2. The molecule has 3 nitrogen and oxygen atoms in total. The monoisotopic (exact) mass is 215 g/mol. The minimum Gasteiger partial charge on any atom is -0.393 e. The molecule has 0 spiro atoms. The third-order valence-corrected chi connectivity index (χ3v) is 3.14. The van der Waals surface area contributed by atoms with E-state index in [9.17, 15) is 0 Å². The normalized spacial score (nSPS) is 34.0. The molecule has 1 aliphatic heterocycles. The maximum Gasteiger partial charge on any atom is 0.0728 e. The highest BCUT2D eigenvalue weighted by molar-refractivity contribution is 4.85. The lowest BCUT2D eigenvalue weighted by atomic mass is 9.95. The van der Waals surface area contributed by atoms with Crippen LogP contribution in [-0.2, 0) is 4.74 Å². The summed E-state index contributed by atoms with van der Waals surface area (Å²) in [4.78, 5) is 0. The molecule has 15 heavy (non-hydrogen) atoms. The van der Waals surface area contributed by atoms with Gasteiger partial charge in [0.25, 0.3) is 0 Å². The Morgan fingerprint density at radius 1 is 1.47 bits per heavy atom. The fourth-order valence-corrected chi connectivity index (χ4v) is 2.14. The summed E-state index contributed by atoms with van der Waals surface area (Å²) < 4.78 is 5.82. The molecule has 0 aliphatic carbocycles. The zero-order valence-electron chi connectivity index (χ0n) is 10.2. The zero-order chi connectivity index (χ0) is 11.3. The van der Waals surface area contributed by atoms with Gasteiger partial charge in [-0.05, 0) is 39.5 Å². The Labute approximate surface area is 93.2 Å². The second-order valence-corrected chi connectivity index (χ2v) is 4.71. The lowest BCUT2D eigenvalue weighted by molar-refractivity contribution is -0.0124. The first-order valence-electron chi connectivity index (χ1n) is 6.19. The molecular weight excluding hydrogens is 190 g/mol. The van der Waals surface area contributed by atoms with Gasteiger partial charge < -0.3 is 15.2 Å². The smallest absolute Gasteiger partial charge is 0.0728 e. The minimum absolute atomic E-state index is 0.249. The van der Waals surface area contributed by atoms with Crippen LogP contribution >= 0.6 is 0 Å². The molecule has 1 heterocycles. The Morgan fingerprint density at radius 3 is 2.80 bits per heavy atom. The molecule has 0 radical (unpaired) electrons. The zero-order valence-corrected chi connectivity index (χ0v) is 10.2. The standard InChI is InChI=1S/C12H25NO2/c1-4-11-12(6-5-9(2)13-11)15-8-7-10(3)14/h9-14H,4-8H2,1-3H3. The number of aliphatic hydroxyl groups is 1. The molecule has 0 saturated carbocycles. The van der Waals surface area contributed by atoms with Crippen molar-refractivity contribution in [3.8, 4) is 0 Å². The van der Waals surface area contributed by atoms with Gasteiger partial charge in [0, 0.05) is 18.7 Å². The van der Waals surface area contributed by atoms with E-state index < -0.39 is 0 Å². The Kier molecular flexibility index (Phi) is 5.58. The number of ether oxygens (including phenoxy) is 1. The Bertz CT molecular complexity index is 173. The molecule has 0 aromatic heterocycles. The largest absolute Gasteiger partial charge is 0.393 e. The molecule has 0 aromatic rings. The van der Waals surface area contributed by atoms with Crippen LogP contribution in [0.3, 0.4) is 0 Å². The summed E-state index contributed by atoms with van der Waals surface area (Å²) in [5.41, 5.74) is 0. The first kappa shape index (κ1) is 12.9. The number of piperidine rings is 1. The van der Waals surface area contributed by atoms with Crippen molar-refractivity contribution in [2.75, 3.05) is 6.61 Å². The summed E-state index contributed by atoms with van der Waals surface area (Å²) >= 11 is 0. The van der Waals surface area contributed by atoms with Gasteiger partial charge in [-0.25, -0.2) is 0 Å². The average molecular weight is 215 g/mol. The van der Waals surface area contributed by atoms with E-state index in [0.717, 1.165) is 19.3 Å². The van der Waals surface area contributed by atoms with E-state index in [1.165, 1.54) is 6.42 Å². The van der Waals surface area contributed by atoms with Crippen molar-refractivity contribution in [3.05, 3.63) is 0 Å². The maximum absolute atomic E-state index is 9.15. The van der Waals surface area contributed by atoms with E-state index in [1.807, 2.05) is 6.92 Å². The van der Waals surface area contributed by atoms with Gasteiger partial charge >= 0.3 is 0 Å². The van der Waals surface area contributed by atoms with E-state index in [2.05, 4.69) is 19.2 Å².